The van der Waals surface area contributed by atoms with Crippen LogP contribution in [-0.2, 0) is 4.79 Å². The molecule has 0 bridgehead atoms. The Morgan fingerprint density at radius 2 is 1.06 bits per heavy atom. The summed E-state index contributed by atoms with van der Waals surface area (Å²) in [6.45, 7) is 2.10. The van der Waals surface area contributed by atoms with Crippen molar-refractivity contribution >= 4 is 22.9 Å². The lowest BCUT2D eigenvalue weighted by atomic mass is 9.93. The number of allylic oxidation sites excluding steroid dienone is 8. The molecule has 0 saturated heterocycles. The van der Waals surface area contributed by atoms with Crippen LogP contribution in [0, 0.1) is 6.92 Å². The van der Waals surface area contributed by atoms with E-state index in [4.69, 9.17) is 0 Å². The fourth-order valence-electron chi connectivity index (χ4n) is 4.02. The second-order valence-electron chi connectivity index (χ2n) is 7.94. The van der Waals surface area contributed by atoms with E-state index in [9.17, 15) is 4.79 Å². The van der Waals surface area contributed by atoms with Gasteiger partial charge in [-0.25, -0.2) is 0 Å². The van der Waals surface area contributed by atoms with Crippen molar-refractivity contribution in [1.29, 1.82) is 0 Å². The van der Waals surface area contributed by atoms with Crippen LogP contribution in [0.3, 0.4) is 0 Å². The highest BCUT2D eigenvalue weighted by Crippen LogP contribution is 2.40. The molecule has 154 valence electrons. The van der Waals surface area contributed by atoms with Crippen LogP contribution in [0.25, 0.3) is 11.4 Å². The lowest BCUT2D eigenvalue weighted by Gasteiger charge is -2.34. The molecule has 2 heteroatoms. The van der Waals surface area contributed by atoms with Crippen molar-refractivity contribution in [2.75, 3.05) is 4.90 Å². The van der Waals surface area contributed by atoms with E-state index in [2.05, 4.69) is 96.8 Å². The molecule has 1 aliphatic carbocycles. The van der Waals surface area contributed by atoms with Gasteiger partial charge in [-0.05, 0) is 65.6 Å². The van der Waals surface area contributed by atoms with Gasteiger partial charge in [-0.15, -0.1) is 0 Å². The van der Waals surface area contributed by atoms with Crippen molar-refractivity contribution in [3.63, 3.8) is 0 Å². The van der Waals surface area contributed by atoms with Gasteiger partial charge in [0.25, 0.3) is 0 Å². The first-order chi connectivity index (χ1) is 15.7. The SMILES string of the molecule is Cc1ccc(N2C(c3ccccc3)=CC(=C3C=CC(=O)C=C3)C=C2c2ccccc2)cc1. The minimum atomic E-state index is 0.0194. The van der Waals surface area contributed by atoms with Crippen LogP contribution in [0.4, 0.5) is 5.69 Å². The number of hydrogen-bond donors (Lipinski definition) is 0. The summed E-state index contributed by atoms with van der Waals surface area (Å²) in [5, 5.41) is 0. The highest BCUT2D eigenvalue weighted by atomic mass is 16.1. The van der Waals surface area contributed by atoms with Crippen molar-refractivity contribution in [2.45, 2.75) is 6.92 Å². The number of nitrogens with zero attached hydrogens (tertiary/aromatic N) is 1. The Labute approximate surface area is 188 Å². The highest BCUT2D eigenvalue weighted by molar-refractivity contribution is 6.03. The molecule has 0 N–H and O–H groups in total. The molecular formula is C30H23NO. The quantitative estimate of drug-likeness (QED) is 0.466. The Kier molecular flexibility index (Phi) is 5.27. The number of anilines is 1. The van der Waals surface area contributed by atoms with Crippen LogP contribution in [0.1, 0.15) is 16.7 Å². The van der Waals surface area contributed by atoms with E-state index in [1.165, 1.54) is 5.56 Å². The number of ketones is 1. The van der Waals surface area contributed by atoms with Gasteiger partial charge in [0.2, 0.25) is 0 Å². The summed E-state index contributed by atoms with van der Waals surface area (Å²) in [5.41, 5.74) is 8.89. The Morgan fingerprint density at radius 1 is 0.562 bits per heavy atom. The zero-order valence-electron chi connectivity index (χ0n) is 17.9. The molecule has 5 rings (SSSR count). The van der Waals surface area contributed by atoms with Crippen LogP contribution < -0.4 is 4.90 Å². The molecule has 3 aromatic rings. The monoisotopic (exact) mass is 413 g/mol. The average molecular weight is 414 g/mol. The summed E-state index contributed by atoms with van der Waals surface area (Å²) >= 11 is 0. The molecule has 0 spiro atoms. The number of carbonyl (C=O) groups excluding carboxylic acids is 1. The third-order valence-corrected chi connectivity index (χ3v) is 5.69. The Hall–Kier alpha value is -4.17. The first-order valence-corrected chi connectivity index (χ1v) is 10.7. The lowest BCUT2D eigenvalue weighted by Crippen LogP contribution is -2.23. The number of benzene rings is 3. The maximum atomic E-state index is 11.7. The van der Waals surface area contributed by atoms with Crippen molar-refractivity contribution in [3.8, 4) is 0 Å². The van der Waals surface area contributed by atoms with Gasteiger partial charge < -0.3 is 4.90 Å². The van der Waals surface area contributed by atoms with E-state index in [1.54, 1.807) is 12.2 Å². The van der Waals surface area contributed by atoms with E-state index in [1.807, 2.05) is 24.3 Å². The molecule has 2 nitrogen and oxygen atoms in total. The van der Waals surface area contributed by atoms with Crippen LogP contribution >= 0.6 is 0 Å². The third-order valence-electron chi connectivity index (χ3n) is 5.69. The number of aryl methyl sites for hydroxylation is 1. The highest BCUT2D eigenvalue weighted by Gasteiger charge is 2.24. The summed E-state index contributed by atoms with van der Waals surface area (Å²) in [4.78, 5) is 14.0. The summed E-state index contributed by atoms with van der Waals surface area (Å²) in [7, 11) is 0. The van der Waals surface area contributed by atoms with E-state index in [0.29, 0.717) is 0 Å². The maximum Gasteiger partial charge on any atom is 0.178 e. The van der Waals surface area contributed by atoms with Crippen molar-refractivity contribution < 1.29 is 4.79 Å². The predicted octanol–water partition coefficient (Wildman–Crippen LogP) is 6.89. The number of hydrogen-bond acceptors (Lipinski definition) is 2. The molecular weight excluding hydrogens is 390 g/mol. The molecule has 0 aromatic heterocycles. The number of carbonyl (C=O) groups is 1. The molecule has 1 heterocycles. The van der Waals surface area contributed by atoms with Gasteiger partial charge in [0.05, 0.1) is 11.4 Å². The molecule has 3 aromatic carbocycles. The van der Waals surface area contributed by atoms with Gasteiger partial charge in [-0.2, -0.15) is 0 Å². The molecule has 0 amide bonds. The third kappa shape index (κ3) is 3.91. The molecule has 0 radical (unpaired) electrons. The Morgan fingerprint density at radius 3 is 1.56 bits per heavy atom. The fraction of sp³-hybridized carbons (Fsp3) is 0.0333. The Bertz CT molecular complexity index is 1230. The zero-order chi connectivity index (χ0) is 21.9. The van der Waals surface area contributed by atoms with Gasteiger partial charge in [-0.1, -0.05) is 90.5 Å². The predicted molar refractivity (Wildman–Crippen MR) is 133 cm³/mol. The van der Waals surface area contributed by atoms with E-state index < -0.39 is 0 Å². The molecule has 0 saturated carbocycles. The molecule has 0 unspecified atom stereocenters. The second-order valence-corrected chi connectivity index (χ2v) is 7.94. The standard InChI is InChI=1S/C30H23NO/c1-22-12-16-27(17-13-22)31-29(24-8-4-2-5-9-24)20-26(23-14-18-28(32)19-15-23)21-30(31)25-10-6-3-7-11-25/h2-21H,1H3. The largest absolute Gasteiger partial charge is 0.309 e. The smallest absolute Gasteiger partial charge is 0.178 e. The maximum absolute atomic E-state index is 11.7. The topological polar surface area (TPSA) is 20.3 Å². The molecule has 0 fully saturated rings. The second kappa shape index (κ2) is 8.52. The van der Waals surface area contributed by atoms with Gasteiger partial charge >= 0.3 is 0 Å². The summed E-state index contributed by atoms with van der Waals surface area (Å²) < 4.78 is 0. The fourth-order valence-corrected chi connectivity index (χ4v) is 4.02. The summed E-state index contributed by atoms with van der Waals surface area (Å²) in [6.07, 6.45) is 11.5. The van der Waals surface area contributed by atoms with E-state index in [-0.39, 0.29) is 5.78 Å². The zero-order valence-corrected chi connectivity index (χ0v) is 17.9. The minimum absolute atomic E-state index is 0.0194. The van der Waals surface area contributed by atoms with Gasteiger partial charge in [0, 0.05) is 5.69 Å². The molecule has 32 heavy (non-hydrogen) atoms. The van der Waals surface area contributed by atoms with Crippen LogP contribution in [0.2, 0.25) is 0 Å². The summed E-state index contributed by atoms with van der Waals surface area (Å²) in [5.74, 6) is 0.0194. The number of rotatable bonds is 3. The van der Waals surface area contributed by atoms with Crippen molar-refractivity contribution in [3.05, 3.63) is 149 Å². The summed E-state index contributed by atoms with van der Waals surface area (Å²) in [6, 6.07) is 29.5. The van der Waals surface area contributed by atoms with E-state index in [0.717, 1.165) is 39.4 Å². The molecule has 0 atom stereocenters. The van der Waals surface area contributed by atoms with Crippen molar-refractivity contribution in [2.24, 2.45) is 0 Å². The van der Waals surface area contributed by atoms with E-state index >= 15 is 0 Å². The minimum Gasteiger partial charge on any atom is -0.309 e. The molecule has 1 aliphatic heterocycles. The van der Waals surface area contributed by atoms with Crippen LogP contribution in [0.5, 0.6) is 0 Å². The van der Waals surface area contributed by atoms with Crippen LogP contribution in [0.15, 0.2) is 133 Å². The average Bonchev–Trinajstić information content (AvgIpc) is 2.85. The van der Waals surface area contributed by atoms with Crippen molar-refractivity contribution in [1.82, 2.24) is 0 Å². The first kappa shape index (κ1) is 19.8. The first-order valence-electron chi connectivity index (χ1n) is 10.7. The van der Waals surface area contributed by atoms with Gasteiger partial charge in [0.1, 0.15) is 0 Å². The van der Waals surface area contributed by atoms with Crippen LogP contribution in [-0.4, -0.2) is 5.78 Å². The van der Waals surface area contributed by atoms with Gasteiger partial charge in [0.15, 0.2) is 5.78 Å². The Balaban J connectivity index is 1.77. The normalized spacial score (nSPS) is 15.7. The lowest BCUT2D eigenvalue weighted by molar-refractivity contribution is -0.110. The molecule has 2 aliphatic rings. The van der Waals surface area contributed by atoms with Gasteiger partial charge in [-0.3, -0.25) is 4.79 Å².